The van der Waals surface area contributed by atoms with Gasteiger partial charge in [-0.05, 0) is 61.0 Å². The quantitative estimate of drug-likeness (QED) is 0.381. The fraction of sp³-hybridized carbons (Fsp3) is 0.130. The Morgan fingerprint density at radius 3 is 2.24 bits per heavy atom. The van der Waals surface area contributed by atoms with E-state index < -0.39 is 29.7 Å². The minimum Gasteiger partial charge on any atom is -0.459 e. The number of rotatable bonds is 9. The van der Waals surface area contributed by atoms with Crippen molar-refractivity contribution in [3.8, 4) is 0 Å². The van der Waals surface area contributed by atoms with Gasteiger partial charge in [-0.3, -0.25) is 19.2 Å². The highest BCUT2D eigenvalue weighted by Gasteiger charge is 2.22. The molecule has 9 nitrogen and oxygen atoms in total. The monoisotopic (exact) mass is 468 g/mol. The molecule has 0 saturated carbocycles. The molecule has 170 valence electrons. The molecule has 0 aliphatic carbocycles. The summed E-state index contributed by atoms with van der Waals surface area (Å²) in [5.41, 5.74) is 6.32. The van der Waals surface area contributed by atoms with E-state index in [1.165, 1.54) is 24.5 Å². The van der Waals surface area contributed by atoms with Gasteiger partial charge in [0.2, 0.25) is 11.8 Å². The van der Waals surface area contributed by atoms with Crippen LogP contribution in [0.15, 0.2) is 71.3 Å². The Morgan fingerprint density at radius 2 is 1.61 bits per heavy atom. The van der Waals surface area contributed by atoms with Crippen molar-refractivity contribution in [1.29, 1.82) is 0 Å². The molecule has 3 rings (SSSR count). The number of amides is 4. The predicted octanol–water partition coefficient (Wildman–Crippen LogP) is 3.19. The molecule has 10 heteroatoms. The molecule has 33 heavy (non-hydrogen) atoms. The maximum absolute atomic E-state index is 12.9. The molecular weight excluding hydrogens is 448 g/mol. The first-order chi connectivity index (χ1) is 15.8. The van der Waals surface area contributed by atoms with Crippen LogP contribution in [-0.4, -0.2) is 29.7 Å². The molecule has 1 heterocycles. The number of carbonyl (C=O) groups excluding carboxylic acids is 4. The van der Waals surface area contributed by atoms with Crippen LogP contribution < -0.4 is 21.7 Å². The van der Waals surface area contributed by atoms with E-state index >= 15 is 0 Å². The van der Waals surface area contributed by atoms with E-state index in [4.69, 9.17) is 21.8 Å². The summed E-state index contributed by atoms with van der Waals surface area (Å²) in [6, 6.07) is 14.7. The van der Waals surface area contributed by atoms with Gasteiger partial charge >= 0.3 is 0 Å². The molecule has 0 radical (unpaired) electrons. The van der Waals surface area contributed by atoms with Crippen LogP contribution in [0.2, 0.25) is 5.02 Å². The molecule has 0 spiro atoms. The van der Waals surface area contributed by atoms with Crippen molar-refractivity contribution in [2.45, 2.75) is 18.9 Å². The summed E-state index contributed by atoms with van der Waals surface area (Å²) in [6.07, 6.45) is 1.30. The first-order valence-corrected chi connectivity index (χ1v) is 10.3. The number of nitrogens with one attached hydrogen (secondary N) is 3. The zero-order valence-corrected chi connectivity index (χ0v) is 18.1. The molecule has 1 unspecified atom stereocenters. The molecule has 1 aromatic heterocycles. The van der Waals surface area contributed by atoms with Gasteiger partial charge in [-0.15, -0.1) is 0 Å². The maximum atomic E-state index is 12.9. The van der Waals surface area contributed by atoms with Crippen molar-refractivity contribution >= 4 is 46.6 Å². The van der Waals surface area contributed by atoms with E-state index in [-0.39, 0.29) is 18.6 Å². The minimum absolute atomic E-state index is 0.00934. The van der Waals surface area contributed by atoms with Gasteiger partial charge in [0.25, 0.3) is 11.8 Å². The lowest BCUT2D eigenvalue weighted by Crippen LogP contribution is -2.44. The van der Waals surface area contributed by atoms with Gasteiger partial charge in [-0.2, -0.15) is 0 Å². The molecule has 0 fully saturated rings. The normalized spacial score (nSPS) is 11.3. The van der Waals surface area contributed by atoms with Gasteiger partial charge in [0.05, 0.1) is 6.26 Å². The molecule has 2 aromatic carbocycles. The maximum Gasteiger partial charge on any atom is 0.291 e. The second-order valence-electron chi connectivity index (χ2n) is 7.04. The Kier molecular flexibility index (Phi) is 7.82. The predicted molar refractivity (Wildman–Crippen MR) is 123 cm³/mol. The summed E-state index contributed by atoms with van der Waals surface area (Å²) in [4.78, 5) is 48.8. The number of primary amides is 1. The zero-order valence-electron chi connectivity index (χ0n) is 17.3. The average Bonchev–Trinajstić information content (AvgIpc) is 3.32. The molecule has 0 aliphatic rings. The first kappa shape index (κ1) is 23.6. The van der Waals surface area contributed by atoms with E-state index in [2.05, 4.69) is 16.0 Å². The Hall–Kier alpha value is -4.11. The van der Waals surface area contributed by atoms with Crippen molar-refractivity contribution in [3.05, 3.63) is 83.3 Å². The van der Waals surface area contributed by atoms with Crippen LogP contribution in [0.1, 0.15) is 33.8 Å². The van der Waals surface area contributed by atoms with Crippen LogP contribution in [0, 0.1) is 0 Å². The third-order valence-corrected chi connectivity index (χ3v) is 4.79. The van der Waals surface area contributed by atoms with Crippen LogP contribution >= 0.6 is 11.6 Å². The van der Waals surface area contributed by atoms with Gasteiger partial charge in [0.15, 0.2) is 5.76 Å². The summed E-state index contributed by atoms with van der Waals surface area (Å²) < 4.78 is 5.05. The number of hydrogen-bond donors (Lipinski definition) is 4. The van der Waals surface area contributed by atoms with Crippen molar-refractivity contribution in [2.75, 3.05) is 10.6 Å². The lowest BCUT2D eigenvalue weighted by atomic mass is 10.1. The lowest BCUT2D eigenvalue weighted by molar-refractivity contribution is -0.119. The number of carbonyl (C=O) groups is 4. The largest absolute Gasteiger partial charge is 0.459 e. The van der Waals surface area contributed by atoms with Crippen LogP contribution in [0.5, 0.6) is 0 Å². The van der Waals surface area contributed by atoms with E-state index in [0.717, 1.165) is 0 Å². The van der Waals surface area contributed by atoms with Gasteiger partial charge < -0.3 is 26.1 Å². The number of anilines is 2. The number of benzene rings is 2. The van der Waals surface area contributed by atoms with Crippen molar-refractivity contribution in [1.82, 2.24) is 5.32 Å². The molecule has 0 aliphatic heterocycles. The third-order valence-electron chi connectivity index (χ3n) is 4.54. The molecule has 1 atom stereocenters. The summed E-state index contributed by atoms with van der Waals surface area (Å²) in [5.74, 6) is -1.96. The lowest BCUT2D eigenvalue weighted by Gasteiger charge is -2.18. The highest BCUT2D eigenvalue weighted by atomic mass is 35.5. The van der Waals surface area contributed by atoms with Crippen LogP contribution in [0.3, 0.4) is 0 Å². The standard InChI is InChI=1S/C23H21ClN4O5/c24-15-8-6-14(7-9-15)21(30)28-18(10-11-20(25)29)22(31)26-16-3-1-4-17(13-16)27-23(32)19-5-2-12-33-19/h1-9,12-13,18H,10-11H2,(H2,25,29)(H,26,31)(H,27,32)(H,28,30). The zero-order chi connectivity index (χ0) is 23.8. The molecule has 0 bridgehead atoms. The smallest absolute Gasteiger partial charge is 0.291 e. The van der Waals surface area contributed by atoms with Gasteiger partial charge in [-0.1, -0.05) is 17.7 Å². The number of nitrogens with two attached hydrogens (primary N) is 1. The third kappa shape index (κ3) is 6.94. The summed E-state index contributed by atoms with van der Waals surface area (Å²) in [6.45, 7) is 0. The fourth-order valence-electron chi connectivity index (χ4n) is 2.90. The summed E-state index contributed by atoms with van der Waals surface area (Å²) in [5, 5.41) is 8.41. The Morgan fingerprint density at radius 1 is 0.909 bits per heavy atom. The molecule has 5 N–H and O–H groups in total. The molecule has 3 aromatic rings. The van der Waals surface area contributed by atoms with E-state index in [1.54, 1.807) is 42.5 Å². The van der Waals surface area contributed by atoms with Crippen molar-refractivity contribution < 1.29 is 23.6 Å². The second kappa shape index (κ2) is 11.0. The van der Waals surface area contributed by atoms with Crippen molar-refractivity contribution in [2.24, 2.45) is 5.73 Å². The van der Waals surface area contributed by atoms with E-state index in [0.29, 0.717) is 22.0 Å². The summed E-state index contributed by atoms with van der Waals surface area (Å²) >= 11 is 5.84. The molecule has 4 amide bonds. The number of hydrogen-bond acceptors (Lipinski definition) is 5. The Balaban J connectivity index is 1.69. The van der Waals surface area contributed by atoms with Gasteiger partial charge in [-0.25, -0.2) is 0 Å². The fourth-order valence-corrected chi connectivity index (χ4v) is 3.03. The van der Waals surface area contributed by atoms with E-state index in [9.17, 15) is 19.2 Å². The van der Waals surface area contributed by atoms with Gasteiger partial charge in [0, 0.05) is 28.4 Å². The van der Waals surface area contributed by atoms with Crippen LogP contribution in [0.4, 0.5) is 11.4 Å². The minimum atomic E-state index is -1.03. The Labute approximate surface area is 194 Å². The van der Waals surface area contributed by atoms with Crippen LogP contribution in [-0.2, 0) is 9.59 Å². The SMILES string of the molecule is NC(=O)CCC(NC(=O)c1ccc(Cl)cc1)C(=O)Nc1cccc(NC(=O)c2ccco2)c1. The second-order valence-corrected chi connectivity index (χ2v) is 7.48. The number of halogens is 1. The topological polar surface area (TPSA) is 144 Å². The number of furan rings is 1. The van der Waals surface area contributed by atoms with E-state index in [1.807, 2.05) is 0 Å². The molecule has 0 saturated heterocycles. The van der Waals surface area contributed by atoms with Crippen molar-refractivity contribution in [3.63, 3.8) is 0 Å². The highest BCUT2D eigenvalue weighted by Crippen LogP contribution is 2.17. The van der Waals surface area contributed by atoms with Crippen LogP contribution in [0.25, 0.3) is 0 Å². The average molecular weight is 469 g/mol. The summed E-state index contributed by atoms with van der Waals surface area (Å²) in [7, 11) is 0. The van der Waals surface area contributed by atoms with Gasteiger partial charge in [0.1, 0.15) is 6.04 Å². The molecular formula is C23H21ClN4O5. The highest BCUT2D eigenvalue weighted by molar-refractivity contribution is 6.30. The Bertz CT molecular complexity index is 1150. The first-order valence-electron chi connectivity index (χ1n) is 9.92.